The first-order valence-electron chi connectivity index (χ1n) is 2.82. The summed E-state index contributed by atoms with van der Waals surface area (Å²) in [4.78, 5) is 9.73. The Morgan fingerprint density at radius 1 is 1.23 bits per heavy atom. The fourth-order valence-electron chi connectivity index (χ4n) is 0.636. The molecule has 0 atom stereocenters. The number of non-ortho nitro benzene ring substituents is 1. The fourth-order valence-corrected chi connectivity index (χ4v) is 0.970. The van der Waals surface area contributed by atoms with Crippen LogP contribution in [0.25, 0.3) is 0 Å². The molecule has 0 unspecified atom stereocenters. The van der Waals surface area contributed by atoms with E-state index in [9.17, 15) is 10.1 Å². The van der Waals surface area contributed by atoms with Crippen LogP contribution in [0.3, 0.4) is 0 Å². The molecular weight excluding hydrogens is 296 g/mol. The summed E-state index contributed by atoms with van der Waals surface area (Å²) in [6.45, 7) is 0. The van der Waals surface area contributed by atoms with Gasteiger partial charge in [-0.2, -0.15) is 0 Å². The van der Waals surface area contributed by atoms with E-state index >= 15 is 0 Å². The third kappa shape index (κ3) is 4.60. The van der Waals surface area contributed by atoms with Crippen LogP contribution in [-0.4, -0.2) is 4.92 Å². The van der Waals surface area contributed by atoms with Gasteiger partial charge in [-0.25, -0.2) is 0 Å². The Balaban J connectivity index is 0. The third-order valence-electron chi connectivity index (χ3n) is 1.17. The average molecular weight is 302 g/mol. The van der Waals surface area contributed by atoms with E-state index in [0.717, 1.165) is 25.2 Å². The van der Waals surface area contributed by atoms with Crippen molar-refractivity contribution in [3.8, 4) is 5.75 Å². The zero-order chi connectivity index (χ0) is 8.27. The molecule has 7 heteroatoms. The van der Waals surface area contributed by atoms with Gasteiger partial charge in [0.1, 0.15) is 0 Å². The third-order valence-corrected chi connectivity index (χ3v) is 1.74. The Labute approximate surface area is 103 Å². The van der Waals surface area contributed by atoms with E-state index < -0.39 is 4.92 Å². The van der Waals surface area contributed by atoms with E-state index in [0.29, 0.717) is 5.75 Å². The average Bonchev–Trinajstić information content (AvgIpc) is 2.05. The summed E-state index contributed by atoms with van der Waals surface area (Å²) in [6, 6.07) is 5.98. The number of halogens is 2. The second-order valence-electron chi connectivity index (χ2n) is 1.85. The molecule has 1 aromatic rings. The molecule has 0 spiro atoms. The predicted molar refractivity (Wildman–Crippen MR) is 48.2 cm³/mol. The van der Waals surface area contributed by atoms with Crippen LogP contribution in [-0.2, 0) is 25.2 Å². The van der Waals surface area contributed by atoms with E-state index in [2.05, 4.69) is 0 Å². The van der Waals surface area contributed by atoms with E-state index in [1.807, 2.05) is 0 Å². The molecule has 0 fully saturated rings. The quantitative estimate of drug-likeness (QED) is 0.622. The monoisotopic (exact) mass is 300 g/mol. The Bertz CT molecular complexity index is 267. The van der Waals surface area contributed by atoms with Crippen molar-refractivity contribution in [2.24, 2.45) is 0 Å². The molecule has 0 N–H and O–H groups in total. The molecule has 0 aromatic heterocycles. The molecule has 4 nitrogen and oxygen atoms in total. The number of nitro benzene ring substituents is 1. The van der Waals surface area contributed by atoms with Gasteiger partial charge in [0.25, 0.3) is 0 Å². The van der Waals surface area contributed by atoms with Crippen LogP contribution in [0.4, 0.5) is 5.69 Å². The Morgan fingerprint density at radius 3 is 2.00 bits per heavy atom. The van der Waals surface area contributed by atoms with Gasteiger partial charge >= 0.3 is 78.7 Å². The molecule has 13 heavy (non-hydrogen) atoms. The first-order chi connectivity index (χ1) is 5.24. The summed E-state index contributed by atoms with van der Waals surface area (Å²) in [6.07, 6.45) is 0. The van der Waals surface area contributed by atoms with Gasteiger partial charge in [0, 0.05) is 0 Å². The zero-order valence-electron chi connectivity index (χ0n) is 6.30. The van der Waals surface area contributed by atoms with Gasteiger partial charge in [-0.3, -0.25) is 0 Å². The summed E-state index contributed by atoms with van der Waals surface area (Å²) in [7, 11) is 0. The van der Waals surface area contributed by atoms with E-state index in [1.54, 1.807) is 12.1 Å². The van der Waals surface area contributed by atoms with Gasteiger partial charge in [0.15, 0.2) is 0 Å². The van der Waals surface area contributed by atoms with E-state index in [4.69, 9.17) is 2.81 Å². The Hall–Kier alpha value is -0.117. The van der Waals surface area contributed by atoms with Crippen LogP contribution in [0.5, 0.6) is 5.75 Å². The maximum absolute atomic E-state index is 10.2. The van der Waals surface area contributed by atoms with Crippen molar-refractivity contribution < 1.29 is 32.9 Å². The van der Waals surface area contributed by atoms with Crippen molar-refractivity contribution in [3.05, 3.63) is 34.4 Å². The normalized spacial score (nSPS) is 7.62. The van der Waals surface area contributed by atoms with Crippen LogP contribution in [0, 0.1) is 10.1 Å². The summed E-state index contributed by atoms with van der Waals surface area (Å²) < 4.78 is 4.92. The van der Waals surface area contributed by atoms with Crippen LogP contribution in [0.15, 0.2) is 24.3 Å². The zero-order valence-corrected chi connectivity index (χ0v) is 10.4. The van der Waals surface area contributed by atoms with Gasteiger partial charge in [0.2, 0.25) is 0 Å². The molecule has 1 rings (SSSR count). The van der Waals surface area contributed by atoms with Crippen LogP contribution in [0.2, 0.25) is 0 Å². The number of hydrogen-bond donors (Lipinski definition) is 0. The molecule has 0 saturated carbocycles. The molecule has 0 aliphatic carbocycles. The molecule has 0 aliphatic rings. The number of benzene rings is 1. The molecule has 0 bridgehead atoms. The topological polar surface area (TPSA) is 52.4 Å². The van der Waals surface area contributed by atoms with Crippen LogP contribution in [0.1, 0.15) is 0 Å². The number of nitrogens with zero attached hydrogens (tertiary/aromatic N) is 1. The number of hydrogen-bond acceptors (Lipinski definition) is 3. The molecule has 0 amide bonds. The number of nitro groups is 1. The molecule has 0 aliphatic heterocycles. The summed E-state index contributed by atoms with van der Waals surface area (Å²) >= 11 is 0.923. The summed E-state index contributed by atoms with van der Waals surface area (Å²) in [5, 5.41) is 10.2. The Morgan fingerprint density at radius 2 is 1.69 bits per heavy atom. The predicted octanol–water partition coefficient (Wildman–Crippen LogP) is 2.28. The standard InChI is InChI=1S/C6H5NO3.2ClH.Zr/c8-6-3-1-5(2-4-6)7(9)10;;;/h1-4,8H;2*1H;/q;;;+1/p-1. The minimum atomic E-state index is -0.438. The van der Waals surface area contributed by atoms with Gasteiger partial charge in [-0.05, 0) is 0 Å². The first-order valence-corrected chi connectivity index (χ1v) is 3.82. The fraction of sp³-hybridized carbons (Fsp3) is 0. The van der Waals surface area contributed by atoms with Crippen molar-refractivity contribution in [2.75, 3.05) is 0 Å². The van der Waals surface area contributed by atoms with Gasteiger partial charge in [-0.15, -0.1) is 24.8 Å². The van der Waals surface area contributed by atoms with Gasteiger partial charge < -0.3 is 0 Å². The van der Waals surface area contributed by atoms with Crippen molar-refractivity contribution in [3.63, 3.8) is 0 Å². The van der Waals surface area contributed by atoms with Crippen molar-refractivity contribution >= 4 is 30.5 Å². The molecular formula is C6H6Cl2NO3Zr. The van der Waals surface area contributed by atoms with Gasteiger partial charge in [0.05, 0.1) is 0 Å². The number of rotatable bonds is 2. The van der Waals surface area contributed by atoms with Crippen molar-refractivity contribution in [1.82, 2.24) is 0 Å². The minimum absolute atomic E-state index is 0. The molecule has 0 saturated heterocycles. The molecule has 1 aromatic carbocycles. The molecule has 0 heterocycles. The van der Waals surface area contributed by atoms with Gasteiger partial charge in [-0.1, -0.05) is 0 Å². The molecule has 71 valence electrons. The Kier molecular flexibility index (Phi) is 8.63. The van der Waals surface area contributed by atoms with Crippen molar-refractivity contribution in [2.45, 2.75) is 0 Å². The summed E-state index contributed by atoms with van der Waals surface area (Å²) in [5.74, 6) is 0.661. The maximum atomic E-state index is 10.2. The first kappa shape index (κ1) is 15.4. The van der Waals surface area contributed by atoms with Crippen molar-refractivity contribution in [1.29, 1.82) is 0 Å². The second-order valence-corrected chi connectivity index (χ2v) is 2.35. The van der Waals surface area contributed by atoms with E-state index in [1.165, 1.54) is 12.1 Å². The SMILES string of the molecule is Cl.Cl.O=[N+]([O-])c1ccc([O][Zr])cc1. The molecule has 0 radical (unpaired) electrons. The second kappa shape index (κ2) is 7.30. The van der Waals surface area contributed by atoms with Crippen LogP contribution < -0.4 is 2.81 Å². The van der Waals surface area contributed by atoms with E-state index in [-0.39, 0.29) is 30.5 Å². The van der Waals surface area contributed by atoms with Crippen LogP contribution >= 0.6 is 24.8 Å². The summed E-state index contributed by atoms with van der Waals surface area (Å²) in [5.41, 5.74) is 0.0848.